The molecule has 0 radical (unpaired) electrons. The molecular formula is C20H19ClF7N3O4S. The third kappa shape index (κ3) is 7.21. The number of alkyl halides is 6. The first-order valence-electron chi connectivity index (χ1n) is 9.90. The van der Waals surface area contributed by atoms with E-state index in [9.17, 15) is 43.9 Å². The standard InChI is InChI=1S/C20H18F7N3O4S.ClH/c21-15-9-12(1-6-17(15)34-20(25,26)27)10-29-18(31)16-11-28-7-8-30(16)35(32,33)14-4-2-13(3-5-14)19(22,23)24;/h1-6,9,16,28H,7-8,10-11H2,(H,29,31);1H/t16-;/m1./s1. The molecule has 1 aliphatic rings. The molecule has 1 amide bonds. The molecule has 16 heteroatoms. The number of rotatable bonds is 6. The van der Waals surface area contributed by atoms with Crippen molar-refractivity contribution in [3.63, 3.8) is 0 Å². The summed E-state index contributed by atoms with van der Waals surface area (Å²) in [6.45, 7) is -0.430. The maximum atomic E-state index is 13.9. The van der Waals surface area contributed by atoms with Gasteiger partial charge in [0, 0.05) is 26.2 Å². The van der Waals surface area contributed by atoms with Gasteiger partial charge in [-0.1, -0.05) is 6.07 Å². The van der Waals surface area contributed by atoms with Crippen molar-refractivity contribution in [2.24, 2.45) is 0 Å². The minimum atomic E-state index is -5.09. The number of carbonyl (C=O) groups excluding carboxylic acids is 1. The number of benzene rings is 2. The van der Waals surface area contributed by atoms with Gasteiger partial charge in [-0.05, 0) is 42.0 Å². The van der Waals surface area contributed by atoms with Crippen molar-refractivity contribution in [3.05, 3.63) is 59.4 Å². The highest BCUT2D eigenvalue weighted by molar-refractivity contribution is 7.89. The molecule has 36 heavy (non-hydrogen) atoms. The molecule has 0 aromatic heterocycles. The average molecular weight is 566 g/mol. The summed E-state index contributed by atoms with van der Waals surface area (Å²) in [5, 5.41) is 5.22. The maximum absolute atomic E-state index is 13.9. The van der Waals surface area contributed by atoms with E-state index in [1.807, 2.05) is 0 Å². The average Bonchev–Trinajstić information content (AvgIpc) is 2.78. The van der Waals surface area contributed by atoms with Crippen LogP contribution in [0.5, 0.6) is 5.75 Å². The molecule has 2 aromatic rings. The van der Waals surface area contributed by atoms with Gasteiger partial charge in [0.1, 0.15) is 6.04 Å². The van der Waals surface area contributed by atoms with Crippen LogP contribution in [0, 0.1) is 5.82 Å². The predicted octanol–water partition coefficient (Wildman–Crippen LogP) is 3.44. The highest BCUT2D eigenvalue weighted by atomic mass is 35.5. The first kappa shape index (κ1) is 29.6. The van der Waals surface area contributed by atoms with Gasteiger partial charge >= 0.3 is 12.5 Å². The molecular weight excluding hydrogens is 547 g/mol. The molecule has 1 heterocycles. The van der Waals surface area contributed by atoms with Crippen molar-refractivity contribution in [2.75, 3.05) is 19.6 Å². The number of hydrogen-bond donors (Lipinski definition) is 2. The molecule has 0 spiro atoms. The number of sulfonamides is 1. The first-order valence-corrected chi connectivity index (χ1v) is 11.3. The van der Waals surface area contributed by atoms with E-state index in [1.54, 1.807) is 0 Å². The highest BCUT2D eigenvalue weighted by Gasteiger charge is 2.38. The Kier molecular flexibility index (Phi) is 9.20. The Morgan fingerprint density at radius 1 is 1.08 bits per heavy atom. The van der Waals surface area contributed by atoms with Crippen molar-refractivity contribution in [2.45, 2.75) is 30.0 Å². The molecule has 0 unspecified atom stereocenters. The zero-order valence-corrected chi connectivity index (χ0v) is 19.6. The topological polar surface area (TPSA) is 87.7 Å². The monoisotopic (exact) mass is 565 g/mol. The van der Waals surface area contributed by atoms with Gasteiger partial charge in [0.2, 0.25) is 15.9 Å². The second-order valence-electron chi connectivity index (χ2n) is 7.39. The molecule has 1 atom stereocenters. The predicted molar refractivity (Wildman–Crippen MR) is 114 cm³/mol. The first-order chi connectivity index (χ1) is 16.2. The highest BCUT2D eigenvalue weighted by Crippen LogP contribution is 2.31. The second-order valence-corrected chi connectivity index (χ2v) is 9.28. The lowest BCUT2D eigenvalue weighted by Gasteiger charge is -2.34. The number of amides is 1. The smallest absolute Gasteiger partial charge is 0.403 e. The van der Waals surface area contributed by atoms with Crippen LogP contribution in [0.1, 0.15) is 11.1 Å². The molecule has 0 aliphatic carbocycles. The SMILES string of the molecule is Cl.O=C(NCc1ccc(OC(F)(F)F)c(F)c1)[C@H]1CNCCN1S(=O)(=O)c1ccc(C(F)(F)F)cc1. The Morgan fingerprint density at radius 3 is 2.28 bits per heavy atom. The molecule has 1 fully saturated rings. The summed E-state index contributed by atoms with van der Waals surface area (Å²) in [6, 6.07) is 4.07. The van der Waals surface area contributed by atoms with Gasteiger partial charge in [0.25, 0.3) is 0 Å². The van der Waals surface area contributed by atoms with Gasteiger partial charge < -0.3 is 15.4 Å². The van der Waals surface area contributed by atoms with E-state index in [0.717, 1.165) is 34.6 Å². The fourth-order valence-electron chi connectivity index (χ4n) is 3.32. The van der Waals surface area contributed by atoms with E-state index in [4.69, 9.17) is 0 Å². The molecule has 2 N–H and O–H groups in total. The molecule has 0 bridgehead atoms. The van der Waals surface area contributed by atoms with Gasteiger partial charge in [-0.25, -0.2) is 12.8 Å². The molecule has 2 aromatic carbocycles. The van der Waals surface area contributed by atoms with E-state index in [-0.39, 0.29) is 44.1 Å². The minimum Gasteiger partial charge on any atom is -0.403 e. The van der Waals surface area contributed by atoms with Gasteiger partial charge in [-0.2, -0.15) is 17.5 Å². The van der Waals surface area contributed by atoms with Crippen molar-refractivity contribution < 1.29 is 48.7 Å². The van der Waals surface area contributed by atoms with Crippen LogP contribution in [0.4, 0.5) is 30.7 Å². The summed E-state index contributed by atoms with van der Waals surface area (Å²) in [7, 11) is -4.35. The van der Waals surface area contributed by atoms with E-state index in [1.165, 1.54) is 0 Å². The van der Waals surface area contributed by atoms with Gasteiger partial charge in [-0.15, -0.1) is 25.6 Å². The normalized spacial score (nSPS) is 17.2. The Morgan fingerprint density at radius 2 is 1.72 bits per heavy atom. The number of halogens is 8. The van der Waals surface area contributed by atoms with Crippen molar-refractivity contribution in [1.29, 1.82) is 0 Å². The van der Waals surface area contributed by atoms with Gasteiger partial charge in [-0.3, -0.25) is 4.79 Å². The lowest BCUT2D eigenvalue weighted by atomic mass is 10.2. The zero-order chi connectivity index (χ0) is 26.0. The van der Waals surface area contributed by atoms with Crippen molar-refractivity contribution in [3.8, 4) is 5.75 Å². The Balaban J connectivity index is 0.00000456. The lowest BCUT2D eigenvalue weighted by Crippen LogP contribution is -2.59. The third-order valence-corrected chi connectivity index (χ3v) is 6.90. The Labute approximate surface area is 207 Å². The second kappa shape index (κ2) is 11.2. The van der Waals surface area contributed by atoms with Crippen LogP contribution < -0.4 is 15.4 Å². The summed E-state index contributed by atoms with van der Waals surface area (Å²) in [4.78, 5) is 12.3. The number of piperazine rings is 1. The number of nitrogens with zero attached hydrogens (tertiary/aromatic N) is 1. The van der Waals surface area contributed by atoms with Crippen LogP contribution in [0.2, 0.25) is 0 Å². The quantitative estimate of drug-likeness (QED) is 0.524. The van der Waals surface area contributed by atoms with E-state index in [0.29, 0.717) is 12.1 Å². The lowest BCUT2D eigenvalue weighted by molar-refractivity contribution is -0.275. The molecule has 200 valence electrons. The maximum Gasteiger partial charge on any atom is 0.573 e. The number of nitrogens with one attached hydrogen (secondary N) is 2. The number of ether oxygens (including phenoxy) is 1. The van der Waals surface area contributed by atoms with Gasteiger partial charge in [0.05, 0.1) is 10.5 Å². The van der Waals surface area contributed by atoms with Gasteiger partial charge in [0.15, 0.2) is 11.6 Å². The fourth-order valence-corrected chi connectivity index (χ4v) is 4.90. The molecule has 3 rings (SSSR count). The zero-order valence-electron chi connectivity index (χ0n) is 18.0. The third-order valence-electron chi connectivity index (χ3n) is 4.97. The summed E-state index contributed by atoms with van der Waals surface area (Å²) in [6.07, 6.45) is -9.75. The van der Waals surface area contributed by atoms with E-state index >= 15 is 0 Å². The van der Waals surface area contributed by atoms with Crippen LogP contribution in [0.15, 0.2) is 47.4 Å². The summed E-state index contributed by atoms with van der Waals surface area (Å²) >= 11 is 0. The fraction of sp³-hybridized carbons (Fsp3) is 0.350. The molecule has 0 saturated carbocycles. The largest absolute Gasteiger partial charge is 0.573 e. The van der Waals surface area contributed by atoms with E-state index < -0.39 is 56.5 Å². The van der Waals surface area contributed by atoms with Crippen LogP contribution in [0.25, 0.3) is 0 Å². The van der Waals surface area contributed by atoms with Crippen LogP contribution >= 0.6 is 12.4 Å². The van der Waals surface area contributed by atoms with Crippen molar-refractivity contribution in [1.82, 2.24) is 14.9 Å². The molecule has 1 saturated heterocycles. The molecule has 1 aliphatic heterocycles. The summed E-state index contributed by atoms with van der Waals surface area (Å²) in [5.41, 5.74) is -0.962. The van der Waals surface area contributed by atoms with Crippen LogP contribution in [0.3, 0.4) is 0 Å². The van der Waals surface area contributed by atoms with Crippen LogP contribution in [-0.2, 0) is 27.5 Å². The summed E-state index contributed by atoms with van der Waals surface area (Å²) < 4.78 is 119. The van der Waals surface area contributed by atoms with Crippen LogP contribution in [-0.4, -0.2) is 50.7 Å². The number of hydrogen-bond acceptors (Lipinski definition) is 5. The number of carbonyl (C=O) groups is 1. The van der Waals surface area contributed by atoms with Crippen molar-refractivity contribution >= 4 is 28.3 Å². The Bertz CT molecular complexity index is 1180. The van der Waals surface area contributed by atoms with E-state index in [2.05, 4.69) is 15.4 Å². The minimum absolute atomic E-state index is 0. The Hall–Kier alpha value is -2.62. The molecule has 7 nitrogen and oxygen atoms in total. The summed E-state index contributed by atoms with van der Waals surface area (Å²) in [5.74, 6) is -3.18.